The highest BCUT2D eigenvalue weighted by atomic mass is 16.4. The molecule has 0 radical (unpaired) electrons. The Bertz CT molecular complexity index is 109. The van der Waals surface area contributed by atoms with Crippen molar-refractivity contribution in [1.82, 2.24) is 0 Å². The van der Waals surface area contributed by atoms with Gasteiger partial charge in [-0.1, -0.05) is 12.1 Å². The van der Waals surface area contributed by atoms with Gasteiger partial charge in [-0.2, -0.15) is 0 Å². The highest BCUT2D eigenvalue weighted by Gasteiger charge is 2.15. The van der Waals surface area contributed by atoms with Crippen LogP contribution in [0.2, 0.25) is 0 Å². The van der Waals surface area contributed by atoms with Crippen LogP contribution in [0.25, 0.3) is 0 Å². The molecular formula is C6H11NO. The molecule has 1 fully saturated rings. The van der Waals surface area contributed by atoms with Crippen LogP contribution >= 0.6 is 0 Å². The van der Waals surface area contributed by atoms with Gasteiger partial charge in [0.15, 0.2) is 0 Å². The topological polar surface area (TPSA) is 32.6 Å². The van der Waals surface area contributed by atoms with Gasteiger partial charge >= 0.3 is 0 Å². The minimum absolute atomic E-state index is 0.737. The third kappa shape index (κ3) is 0.997. The molecule has 0 heterocycles. The zero-order valence-electron chi connectivity index (χ0n) is 5.09. The molecule has 0 saturated heterocycles. The largest absolute Gasteiger partial charge is 0.411 e. The number of hydrogen-bond donors (Lipinski definition) is 1. The van der Waals surface area contributed by atoms with Gasteiger partial charge in [0.25, 0.3) is 0 Å². The molecule has 1 N–H and O–H groups in total. The highest BCUT2D eigenvalue weighted by Crippen LogP contribution is 2.21. The Morgan fingerprint density at radius 1 is 1.75 bits per heavy atom. The van der Waals surface area contributed by atoms with Gasteiger partial charge in [-0.3, -0.25) is 0 Å². The first kappa shape index (κ1) is 5.60. The van der Waals surface area contributed by atoms with Crippen molar-refractivity contribution in [2.75, 3.05) is 0 Å². The first-order valence-corrected chi connectivity index (χ1v) is 3.02. The normalized spacial score (nSPS) is 34.1. The molecule has 1 saturated carbocycles. The van der Waals surface area contributed by atoms with E-state index in [0.29, 0.717) is 0 Å². The molecule has 0 aromatic rings. The van der Waals surface area contributed by atoms with Gasteiger partial charge in [-0.25, -0.2) is 0 Å². The average Bonchev–Trinajstić information content (AvgIpc) is 2.14. The van der Waals surface area contributed by atoms with Crippen LogP contribution in [0.4, 0.5) is 0 Å². The van der Waals surface area contributed by atoms with Crippen molar-refractivity contribution < 1.29 is 5.21 Å². The molecule has 0 bridgehead atoms. The summed E-state index contributed by atoms with van der Waals surface area (Å²) >= 11 is 0. The first-order chi connectivity index (χ1) is 3.83. The van der Waals surface area contributed by atoms with E-state index in [1.54, 1.807) is 0 Å². The van der Waals surface area contributed by atoms with Gasteiger partial charge in [-0.05, 0) is 25.2 Å². The molecule has 0 spiro atoms. The lowest BCUT2D eigenvalue weighted by Crippen LogP contribution is -1.89. The molecule has 8 heavy (non-hydrogen) atoms. The molecule has 0 unspecified atom stereocenters. The Morgan fingerprint density at radius 3 is 2.75 bits per heavy atom. The van der Waals surface area contributed by atoms with Gasteiger partial charge in [-0.15, -0.1) is 0 Å². The molecule has 46 valence electrons. The molecule has 1 aliphatic carbocycles. The molecule has 0 aromatic heterocycles. The van der Waals surface area contributed by atoms with E-state index in [-0.39, 0.29) is 0 Å². The maximum absolute atomic E-state index is 8.27. The van der Waals surface area contributed by atoms with Crippen LogP contribution in [0.1, 0.15) is 26.2 Å². The fraction of sp³-hybridized carbons (Fsp3) is 0.833. The monoisotopic (exact) mass is 113 g/mol. The van der Waals surface area contributed by atoms with Crippen LogP contribution in [0.3, 0.4) is 0 Å². The van der Waals surface area contributed by atoms with Gasteiger partial charge < -0.3 is 5.21 Å². The van der Waals surface area contributed by atoms with Gasteiger partial charge in [0.2, 0.25) is 0 Å². The number of oxime groups is 1. The Labute approximate surface area is 49.2 Å². The number of nitrogens with zero attached hydrogens (tertiary/aromatic N) is 1. The summed E-state index contributed by atoms with van der Waals surface area (Å²) in [5, 5.41) is 11.4. The van der Waals surface area contributed by atoms with Crippen LogP contribution in [-0.2, 0) is 0 Å². The van der Waals surface area contributed by atoms with E-state index in [0.717, 1.165) is 24.5 Å². The molecule has 2 heteroatoms. The van der Waals surface area contributed by atoms with E-state index < -0.39 is 0 Å². The lowest BCUT2D eigenvalue weighted by molar-refractivity contribution is 0.317. The van der Waals surface area contributed by atoms with Crippen molar-refractivity contribution in [3.63, 3.8) is 0 Å². The molecule has 1 atom stereocenters. The zero-order valence-corrected chi connectivity index (χ0v) is 5.09. The van der Waals surface area contributed by atoms with E-state index >= 15 is 0 Å². The minimum atomic E-state index is 0.737. The Morgan fingerprint density at radius 2 is 2.50 bits per heavy atom. The average molecular weight is 113 g/mol. The zero-order chi connectivity index (χ0) is 5.98. The van der Waals surface area contributed by atoms with Crippen molar-refractivity contribution >= 4 is 5.71 Å². The Hall–Kier alpha value is -0.530. The van der Waals surface area contributed by atoms with E-state index in [1.165, 1.54) is 6.42 Å². The van der Waals surface area contributed by atoms with Crippen LogP contribution in [0.5, 0.6) is 0 Å². The second kappa shape index (κ2) is 2.16. The fourth-order valence-electron chi connectivity index (χ4n) is 1.11. The van der Waals surface area contributed by atoms with E-state index in [9.17, 15) is 0 Å². The van der Waals surface area contributed by atoms with Crippen LogP contribution in [0, 0.1) is 5.92 Å². The van der Waals surface area contributed by atoms with Crippen molar-refractivity contribution in [3.8, 4) is 0 Å². The fourth-order valence-corrected chi connectivity index (χ4v) is 1.11. The second-order valence-electron chi connectivity index (χ2n) is 2.51. The smallest absolute Gasteiger partial charge is 0.0573 e. The summed E-state index contributed by atoms with van der Waals surface area (Å²) in [5.74, 6) is 0.737. The Kier molecular flexibility index (Phi) is 1.51. The van der Waals surface area contributed by atoms with Crippen molar-refractivity contribution in [2.45, 2.75) is 26.2 Å². The van der Waals surface area contributed by atoms with E-state index in [2.05, 4.69) is 12.1 Å². The molecule has 1 aliphatic rings. The summed E-state index contributed by atoms with van der Waals surface area (Å²) in [6.07, 6.45) is 3.19. The summed E-state index contributed by atoms with van der Waals surface area (Å²) in [4.78, 5) is 0. The molecule has 2 nitrogen and oxygen atoms in total. The summed E-state index contributed by atoms with van der Waals surface area (Å²) in [6, 6.07) is 0. The van der Waals surface area contributed by atoms with Gasteiger partial charge in [0.05, 0.1) is 5.71 Å². The molecule has 1 rings (SSSR count). The maximum Gasteiger partial charge on any atom is 0.0573 e. The van der Waals surface area contributed by atoms with Crippen LogP contribution < -0.4 is 0 Å². The SMILES string of the molecule is C[C@@H]1CC/C(=N\O)C1. The van der Waals surface area contributed by atoms with E-state index in [1.807, 2.05) is 0 Å². The quantitative estimate of drug-likeness (QED) is 0.376. The lowest BCUT2D eigenvalue weighted by atomic mass is 10.1. The van der Waals surface area contributed by atoms with Crippen LogP contribution in [-0.4, -0.2) is 10.9 Å². The third-order valence-electron chi connectivity index (χ3n) is 1.65. The summed E-state index contributed by atoms with van der Waals surface area (Å²) in [6.45, 7) is 2.18. The predicted molar refractivity (Wildman–Crippen MR) is 32.2 cm³/mol. The van der Waals surface area contributed by atoms with Gasteiger partial charge in [0.1, 0.15) is 0 Å². The first-order valence-electron chi connectivity index (χ1n) is 3.02. The third-order valence-corrected chi connectivity index (χ3v) is 1.65. The minimum Gasteiger partial charge on any atom is -0.411 e. The van der Waals surface area contributed by atoms with Gasteiger partial charge in [0, 0.05) is 0 Å². The summed E-state index contributed by atoms with van der Waals surface area (Å²) in [7, 11) is 0. The lowest BCUT2D eigenvalue weighted by Gasteiger charge is -1.91. The summed E-state index contributed by atoms with van der Waals surface area (Å²) in [5.41, 5.74) is 0.970. The van der Waals surface area contributed by atoms with Crippen molar-refractivity contribution in [3.05, 3.63) is 0 Å². The Balaban J connectivity index is 2.44. The van der Waals surface area contributed by atoms with Crippen molar-refractivity contribution in [1.29, 1.82) is 0 Å². The molecule has 0 aliphatic heterocycles. The highest BCUT2D eigenvalue weighted by molar-refractivity contribution is 5.85. The standard InChI is InChI=1S/C6H11NO/c1-5-2-3-6(4-5)7-8/h5,8H,2-4H2,1H3/b7-6+/t5-/m1/s1. The number of hydrogen-bond acceptors (Lipinski definition) is 2. The second-order valence-corrected chi connectivity index (χ2v) is 2.51. The van der Waals surface area contributed by atoms with Crippen molar-refractivity contribution in [2.24, 2.45) is 11.1 Å². The van der Waals surface area contributed by atoms with Crippen LogP contribution in [0.15, 0.2) is 5.16 Å². The predicted octanol–water partition coefficient (Wildman–Crippen LogP) is 1.64. The molecular weight excluding hydrogens is 102 g/mol. The molecule has 0 aromatic carbocycles. The van der Waals surface area contributed by atoms with E-state index in [4.69, 9.17) is 5.21 Å². The number of rotatable bonds is 0. The molecule has 0 amide bonds. The summed E-state index contributed by atoms with van der Waals surface area (Å²) < 4.78 is 0. The maximum atomic E-state index is 8.27.